The zero-order chi connectivity index (χ0) is 25.4. The highest BCUT2D eigenvalue weighted by molar-refractivity contribution is 6.30. The summed E-state index contributed by atoms with van der Waals surface area (Å²) in [7, 11) is 0. The fourth-order valence-corrected chi connectivity index (χ4v) is 4.58. The number of halogens is 1. The van der Waals surface area contributed by atoms with Crippen molar-refractivity contribution in [2.45, 2.75) is 39.7 Å². The van der Waals surface area contributed by atoms with E-state index in [2.05, 4.69) is 15.5 Å². The number of esters is 1. The molecule has 0 bridgehead atoms. The molecule has 192 valence electrons. The van der Waals surface area contributed by atoms with Crippen molar-refractivity contribution in [3.05, 3.63) is 46.1 Å². The average Bonchev–Trinajstić information content (AvgIpc) is 3.08. The summed E-state index contributed by atoms with van der Waals surface area (Å²) < 4.78 is 5.43. The quantitative estimate of drug-likeness (QED) is 0.528. The lowest BCUT2D eigenvalue weighted by Gasteiger charge is -2.38. The van der Waals surface area contributed by atoms with E-state index in [1.54, 1.807) is 24.0 Å². The number of carbonyl (C=O) groups excluding carboxylic acids is 3. The molecule has 4 amide bonds. The largest absolute Gasteiger partial charge is 0.463 e. The molecule has 9 nitrogen and oxygen atoms in total. The van der Waals surface area contributed by atoms with E-state index in [0.29, 0.717) is 55.6 Å². The number of nitrogens with zero attached hydrogens (tertiary/aromatic N) is 3. The monoisotopic (exact) mass is 505 g/mol. The van der Waals surface area contributed by atoms with Crippen molar-refractivity contribution in [2.24, 2.45) is 0 Å². The Balaban J connectivity index is 1.91. The molecule has 2 heterocycles. The summed E-state index contributed by atoms with van der Waals surface area (Å²) in [5.41, 5.74) is 1.82. The van der Waals surface area contributed by atoms with Gasteiger partial charge in [-0.15, -0.1) is 0 Å². The van der Waals surface area contributed by atoms with Gasteiger partial charge in [-0.3, -0.25) is 9.80 Å². The molecular formula is C25H36ClN5O4. The smallest absolute Gasteiger partial charge is 0.338 e. The van der Waals surface area contributed by atoms with Crippen molar-refractivity contribution in [1.82, 2.24) is 25.3 Å². The van der Waals surface area contributed by atoms with Crippen LogP contribution in [0.5, 0.6) is 0 Å². The van der Waals surface area contributed by atoms with Gasteiger partial charge in [-0.05, 0) is 44.4 Å². The molecule has 0 saturated carbocycles. The number of likely N-dealkylation sites (N-methyl/N-ethyl adjacent to an activating group) is 1. The molecule has 0 radical (unpaired) electrons. The van der Waals surface area contributed by atoms with Gasteiger partial charge in [0.25, 0.3) is 0 Å². The number of hydrogen-bond donors (Lipinski definition) is 2. The molecule has 1 fully saturated rings. The molecule has 0 spiro atoms. The van der Waals surface area contributed by atoms with E-state index < -0.39 is 12.0 Å². The van der Waals surface area contributed by atoms with Crippen LogP contribution in [-0.2, 0) is 9.53 Å². The molecule has 1 aromatic rings. The Morgan fingerprint density at radius 3 is 2.51 bits per heavy atom. The fraction of sp³-hybridized carbons (Fsp3) is 0.560. The van der Waals surface area contributed by atoms with Gasteiger partial charge in [0.2, 0.25) is 0 Å². The van der Waals surface area contributed by atoms with E-state index in [-0.39, 0.29) is 18.7 Å². The van der Waals surface area contributed by atoms with Crippen LogP contribution >= 0.6 is 11.6 Å². The van der Waals surface area contributed by atoms with Crippen molar-refractivity contribution >= 4 is 29.6 Å². The van der Waals surface area contributed by atoms with Crippen LogP contribution < -0.4 is 10.6 Å². The molecule has 0 aromatic heterocycles. The summed E-state index contributed by atoms with van der Waals surface area (Å²) in [6.07, 6.45) is 1.70. The van der Waals surface area contributed by atoms with Crippen LogP contribution in [0.3, 0.4) is 0 Å². The standard InChI is InChI=1S/C25H36ClN5O4/c1-4-12-27-24(33)30-14-7-13-29(15-16-30)17-20-21(23(32)35-6-3)22(28-25(34)31(20)5-2)18-8-10-19(26)11-9-18/h8-11,22H,4-7,12-17H2,1-3H3,(H,27,33)(H,28,34)/t22-/m1/s1. The van der Waals surface area contributed by atoms with E-state index in [1.807, 2.05) is 30.9 Å². The Morgan fingerprint density at radius 1 is 1.11 bits per heavy atom. The molecule has 1 atom stereocenters. The van der Waals surface area contributed by atoms with Gasteiger partial charge < -0.3 is 20.3 Å². The number of ether oxygens (including phenoxy) is 1. The van der Waals surface area contributed by atoms with Crippen LogP contribution in [0.15, 0.2) is 35.5 Å². The van der Waals surface area contributed by atoms with Crippen molar-refractivity contribution in [3.8, 4) is 0 Å². The maximum Gasteiger partial charge on any atom is 0.338 e. The molecule has 10 heteroatoms. The summed E-state index contributed by atoms with van der Waals surface area (Å²) in [5.74, 6) is -0.448. The first-order valence-corrected chi connectivity index (χ1v) is 12.8. The number of nitrogens with one attached hydrogen (secondary N) is 2. The van der Waals surface area contributed by atoms with Crippen LogP contribution in [0.25, 0.3) is 0 Å². The Labute approximate surface area is 212 Å². The summed E-state index contributed by atoms with van der Waals surface area (Å²) in [6, 6.07) is 6.16. The Morgan fingerprint density at radius 2 is 1.86 bits per heavy atom. The number of amides is 4. The maximum atomic E-state index is 13.2. The van der Waals surface area contributed by atoms with Crippen LogP contribution in [0.1, 0.15) is 45.2 Å². The highest BCUT2D eigenvalue weighted by atomic mass is 35.5. The van der Waals surface area contributed by atoms with E-state index in [0.717, 1.165) is 24.9 Å². The van der Waals surface area contributed by atoms with Crippen LogP contribution in [0, 0.1) is 0 Å². The first-order chi connectivity index (χ1) is 16.9. The van der Waals surface area contributed by atoms with Crippen molar-refractivity contribution in [2.75, 3.05) is 52.4 Å². The molecule has 0 unspecified atom stereocenters. The first-order valence-electron chi connectivity index (χ1n) is 12.4. The Bertz CT molecular complexity index is 936. The molecule has 2 N–H and O–H groups in total. The summed E-state index contributed by atoms with van der Waals surface area (Å²) in [6.45, 7) is 10.0. The number of hydrogen-bond acceptors (Lipinski definition) is 5. The second kappa shape index (κ2) is 12.8. The lowest BCUT2D eigenvalue weighted by atomic mass is 9.94. The highest BCUT2D eigenvalue weighted by Crippen LogP contribution is 2.32. The Hall–Kier alpha value is -2.78. The average molecular weight is 506 g/mol. The fourth-order valence-electron chi connectivity index (χ4n) is 4.45. The number of carbonyl (C=O) groups is 3. The molecule has 35 heavy (non-hydrogen) atoms. The topological polar surface area (TPSA) is 94.2 Å². The van der Waals surface area contributed by atoms with E-state index >= 15 is 0 Å². The number of urea groups is 2. The first kappa shape index (κ1) is 26.8. The molecule has 2 aliphatic heterocycles. The second-order valence-electron chi connectivity index (χ2n) is 8.61. The summed E-state index contributed by atoms with van der Waals surface area (Å²) >= 11 is 6.07. The zero-order valence-corrected chi connectivity index (χ0v) is 21.6. The summed E-state index contributed by atoms with van der Waals surface area (Å²) in [5, 5.41) is 6.48. The predicted octanol–water partition coefficient (Wildman–Crippen LogP) is 3.37. The van der Waals surface area contributed by atoms with Crippen molar-refractivity contribution in [1.29, 1.82) is 0 Å². The maximum absolute atomic E-state index is 13.2. The van der Waals surface area contributed by atoms with Crippen LogP contribution in [0.4, 0.5) is 9.59 Å². The molecule has 1 aromatic carbocycles. The van der Waals surface area contributed by atoms with Gasteiger partial charge in [-0.1, -0.05) is 30.7 Å². The third kappa shape index (κ3) is 6.67. The van der Waals surface area contributed by atoms with Crippen molar-refractivity contribution in [3.63, 3.8) is 0 Å². The van der Waals surface area contributed by atoms with Gasteiger partial charge in [-0.2, -0.15) is 0 Å². The number of rotatable bonds is 8. The molecule has 0 aliphatic carbocycles. The van der Waals surface area contributed by atoms with Gasteiger partial charge in [-0.25, -0.2) is 14.4 Å². The second-order valence-corrected chi connectivity index (χ2v) is 9.04. The van der Waals surface area contributed by atoms with Crippen LogP contribution in [-0.4, -0.2) is 85.2 Å². The summed E-state index contributed by atoms with van der Waals surface area (Å²) in [4.78, 5) is 44.4. The van der Waals surface area contributed by atoms with Gasteiger partial charge in [0, 0.05) is 56.5 Å². The van der Waals surface area contributed by atoms with Crippen LogP contribution in [0.2, 0.25) is 5.02 Å². The molecular weight excluding hydrogens is 470 g/mol. The molecule has 3 rings (SSSR count). The predicted molar refractivity (Wildman–Crippen MR) is 135 cm³/mol. The van der Waals surface area contributed by atoms with Crippen molar-refractivity contribution < 1.29 is 19.1 Å². The van der Waals surface area contributed by atoms with E-state index in [9.17, 15) is 14.4 Å². The van der Waals surface area contributed by atoms with E-state index in [1.165, 1.54) is 0 Å². The third-order valence-electron chi connectivity index (χ3n) is 6.23. The minimum atomic E-state index is -0.639. The number of benzene rings is 1. The highest BCUT2D eigenvalue weighted by Gasteiger charge is 2.38. The molecule has 1 saturated heterocycles. The zero-order valence-electron chi connectivity index (χ0n) is 20.8. The normalized spacial score (nSPS) is 19.3. The Kier molecular flexibility index (Phi) is 9.80. The lowest BCUT2D eigenvalue weighted by Crippen LogP contribution is -2.51. The van der Waals surface area contributed by atoms with Gasteiger partial charge in [0.1, 0.15) is 0 Å². The molecule has 2 aliphatic rings. The minimum absolute atomic E-state index is 0.0461. The lowest BCUT2D eigenvalue weighted by molar-refractivity contribution is -0.139. The third-order valence-corrected chi connectivity index (χ3v) is 6.48. The van der Waals surface area contributed by atoms with Gasteiger partial charge in [0.15, 0.2) is 0 Å². The minimum Gasteiger partial charge on any atom is -0.463 e. The van der Waals surface area contributed by atoms with E-state index in [4.69, 9.17) is 16.3 Å². The van der Waals surface area contributed by atoms with Gasteiger partial charge in [0.05, 0.1) is 18.2 Å². The SMILES string of the molecule is CCCNC(=O)N1CCCN(CC2=C(C(=O)OCC)[C@@H](c3ccc(Cl)cc3)NC(=O)N2CC)CC1. The van der Waals surface area contributed by atoms with Gasteiger partial charge >= 0.3 is 18.0 Å².